The second kappa shape index (κ2) is 7.13. The van der Waals surface area contributed by atoms with Crippen LogP contribution in [0.15, 0.2) is 18.2 Å². The van der Waals surface area contributed by atoms with Crippen LogP contribution in [0.25, 0.3) is 0 Å². The topological polar surface area (TPSA) is 70.2 Å². The fourth-order valence-corrected chi connectivity index (χ4v) is 2.47. The van der Waals surface area contributed by atoms with Crippen LogP contribution in [0.3, 0.4) is 0 Å². The zero-order valence-electron chi connectivity index (χ0n) is 14.5. The maximum absolute atomic E-state index is 12.4. The number of anilines is 2. The Kier molecular flexibility index (Phi) is 5.42. The first kappa shape index (κ1) is 17.5. The highest BCUT2D eigenvalue weighted by Crippen LogP contribution is 2.24. The predicted octanol–water partition coefficient (Wildman–Crippen LogP) is 2.92. The monoisotopic (exact) mass is 317 g/mol. The predicted molar refractivity (Wildman–Crippen MR) is 93.5 cm³/mol. The molecule has 0 aromatic heterocycles. The molecule has 0 bridgehead atoms. The van der Waals surface area contributed by atoms with Crippen molar-refractivity contribution in [3.8, 4) is 0 Å². The van der Waals surface area contributed by atoms with Crippen LogP contribution in [0.5, 0.6) is 0 Å². The average Bonchev–Trinajstić information content (AvgIpc) is 2.50. The second-order valence-corrected chi connectivity index (χ2v) is 7.25. The third-order valence-electron chi connectivity index (χ3n) is 4.14. The average molecular weight is 317 g/mol. The van der Waals surface area contributed by atoms with Crippen molar-refractivity contribution in [3.63, 3.8) is 0 Å². The number of hydrogen-bond acceptors (Lipinski definition) is 3. The number of rotatable bonds is 3. The van der Waals surface area contributed by atoms with E-state index in [-0.39, 0.29) is 17.7 Å². The lowest BCUT2D eigenvalue weighted by atomic mass is 9.95. The Balaban J connectivity index is 2.08. The van der Waals surface area contributed by atoms with Gasteiger partial charge < -0.3 is 16.0 Å². The molecule has 2 amide bonds. The van der Waals surface area contributed by atoms with Crippen molar-refractivity contribution in [2.75, 3.05) is 23.7 Å². The van der Waals surface area contributed by atoms with E-state index in [1.807, 2.05) is 45.9 Å². The van der Waals surface area contributed by atoms with Crippen LogP contribution >= 0.6 is 0 Å². The van der Waals surface area contributed by atoms with E-state index in [1.165, 1.54) is 0 Å². The second-order valence-electron chi connectivity index (χ2n) is 7.25. The third kappa shape index (κ3) is 4.79. The Bertz CT molecular complexity index is 584. The van der Waals surface area contributed by atoms with E-state index in [2.05, 4.69) is 16.0 Å². The van der Waals surface area contributed by atoms with Crippen molar-refractivity contribution < 1.29 is 9.59 Å². The lowest BCUT2D eigenvalue weighted by molar-refractivity contribution is -0.123. The molecule has 0 unspecified atom stereocenters. The smallest absolute Gasteiger partial charge is 0.229 e. The lowest BCUT2D eigenvalue weighted by Gasteiger charge is -2.22. The van der Waals surface area contributed by atoms with E-state index in [1.54, 1.807) is 0 Å². The summed E-state index contributed by atoms with van der Waals surface area (Å²) in [6.45, 7) is 9.34. The van der Waals surface area contributed by atoms with Crippen LogP contribution in [0.4, 0.5) is 11.4 Å². The Morgan fingerprint density at radius 3 is 2.39 bits per heavy atom. The van der Waals surface area contributed by atoms with Gasteiger partial charge in [0.15, 0.2) is 0 Å². The third-order valence-corrected chi connectivity index (χ3v) is 4.14. The molecule has 1 heterocycles. The fraction of sp³-hybridized carbons (Fsp3) is 0.556. The Labute approximate surface area is 138 Å². The van der Waals surface area contributed by atoms with Gasteiger partial charge in [0, 0.05) is 22.7 Å². The van der Waals surface area contributed by atoms with Gasteiger partial charge in [-0.25, -0.2) is 0 Å². The molecule has 3 N–H and O–H groups in total. The number of nitrogens with one attached hydrogen (secondary N) is 3. The molecular formula is C18H27N3O2. The van der Waals surface area contributed by atoms with Crippen LogP contribution in [0.1, 0.15) is 39.2 Å². The summed E-state index contributed by atoms with van der Waals surface area (Å²) >= 11 is 0. The molecule has 1 aliphatic heterocycles. The number of benzene rings is 1. The Hall–Kier alpha value is -1.88. The molecule has 1 fully saturated rings. The van der Waals surface area contributed by atoms with Gasteiger partial charge in [0.25, 0.3) is 0 Å². The summed E-state index contributed by atoms with van der Waals surface area (Å²) in [6, 6.07) is 5.60. The fourth-order valence-electron chi connectivity index (χ4n) is 2.47. The molecule has 1 aromatic rings. The molecule has 0 saturated carbocycles. The Morgan fingerprint density at radius 1 is 1.13 bits per heavy atom. The largest absolute Gasteiger partial charge is 0.326 e. The van der Waals surface area contributed by atoms with Gasteiger partial charge in [-0.3, -0.25) is 9.59 Å². The summed E-state index contributed by atoms with van der Waals surface area (Å²) < 4.78 is 0. The van der Waals surface area contributed by atoms with Gasteiger partial charge in [0.2, 0.25) is 11.8 Å². The first-order valence-electron chi connectivity index (χ1n) is 8.21. The van der Waals surface area contributed by atoms with E-state index >= 15 is 0 Å². The standard InChI is InChI=1S/C18H27N3O2/c1-12-5-6-14(20-17(23)18(2,3)4)11-15(12)21-16(22)13-7-9-19-10-8-13/h5-6,11,13,19H,7-10H2,1-4H3,(H,20,23)(H,21,22). The minimum absolute atomic E-state index is 0.0445. The van der Waals surface area contributed by atoms with Crippen molar-refractivity contribution in [2.24, 2.45) is 11.3 Å². The van der Waals surface area contributed by atoms with Crippen LogP contribution in [0.2, 0.25) is 0 Å². The molecule has 1 saturated heterocycles. The number of carbonyl (C=O) groups excluding carboxylic acids is 2. The molecule has 1 aromatic carbocycles. The number of aryl methyl sites for hydroxylation is 1. The zero-order valence-corrected chi connectivity index (χ0v) is 14.5. The quantitative estimate of drug-likeness (QED) is 0.803. The molecule has 2 rings (SSSR count). The summed E-state index contributed by atoms with van der Waals surface area (Å²) in [4.78, 5) is 24.5. The van der Waals surface area contributed by atoms with Crippen molar-refractivity contribution >= 4 is 23.2 Å². The molecule has 23 heavy (non-hydrogen) atoms. The van der Waals surface area contributed by atoms with E-state index in [9.17, 15) is 9.59 Å². The number of hydrogen-bond donors (Lipinski definition) is 3. The number of piperidine rings is 1. The van der Waals surface area contributed by atoms with Crippen molar-refractivity contribution in [1.29, 1.82) is 0 Å². The first-order valence-corrected chi connectivity index (χ1v) is 8.21. The summed E-state index contributed by atoms with van der Waals surface area (Å²) in [6.07, 6.45) is 1.73. The highest BCUT2D eigenvalue weighted by molar-refractivity contribution is 5.97. The maximum Gasteiger partial charge on any atom is 0.229 e. The van der Waals surface area contributed by atoms with Crippen LogP contribution in [-0.2, 0) is 9.59 Å². The molecule has 0 radical (unpaired) electrons. The van der Waals surface area contributed by atoms with Crippen molar-refractivity contribution in [3.05, 3.63) is 23.8 Å². The number of amides is 2. The van der Waals surface area contributed by atoms with E-state index < -0.39 is 5.41 Å². The van der Waals surface area contributed by atoms with Gasteiger partial charge in [0.05, 0.1) is 0 Å². The molecule has 0 spiro atoms. The summed E-state index contributed by atoms with van der Waals surface area (Å²) in [5.41, 5.74) is 2.00. The van der Waals surface area contributed by atoms with Crippen LogP contribution in [-0.4, -0.2) is 24.9 Å². The molecule has 126 valence electrons. The minimum atomic E-state index is -0.455. The first-order chi connectivity index (χ1) is 10.8. The molecule has 1 aliphatic rings. The summed E-state index contributed by atoms with van der Waals surface area (Å²) in [5.74, 6) is 0.0781. The van der Waals surface area contributed by atoms with Crippen molar-refractivity contribution in [1.82, 2.24) is 5.32 Å². The zero-order chi connectivity index (χ0) is 17.0. The Morgan fingerprint density at radius 2 is 1.78 bits per heavy atom. The molecular weight excluding hydrogens is 290 g/mol. The molecule has 5 heteroatoms. The highest BCUT2D eigenvalue weighted by Gasteiger charge is 2.23. The van der Waals surface area contributed by atoms with Gasteiger partial charge in [-0.2, -0.15) is 0 Å². The molecule has 5 nitrogen and oxygen atoms in total. The normalized spacial score (nSPS) is 16.0. The summed E-state index contributed by atoms with van der Waals surface area (Å²) in [7, 11) is 0. The highest BCUT2D eigenvalue weighted by atomic mass is 16.2. The van der Waals surface area contributed by atoms with E-state index in [0.29, 0.717) is 5.69 Å². The molecule has 0 atom stereocenters. The summed E-state index contributed by atoms with van der Waals surface area (Å²) in [5, 5.41) is 9.18. The van der Waals surface area contributed by atoms with Crippen LogP contribution < -0.4 is 16.0 Å². The maximum atomic E-state index is 12.4. The van der Waals surface area contributed by atoms with E-state index in [0.717, 1.165) is 37.2 Å². The van der Waals surface area contributed by atoms with Gasteiger partial charge in [-0.05, 0) is 50.6 Å². The van der Waals surface area contributed by atoms with E-state index in [4.69, 9.17) is 0 Å². The number of carbonyl (C=O) groups is 2. The minimum Gasteiger partial charge on any atom is -0.326 e. The van der Waals surface area contributed by atoms with Gasteiger partial charge >= 0.3 is 0 Å². The van der Waals surface area contributed by atoms with Gasteiger partial charge in [-0.1, -0.05) is 26.8 Å². The van der Waals surface area contributed by atoms with Gasteiger partial charge in [-0.15, -0.1) is 0 Å². The SMILES string of the molecule is Cc1ccc(NC(=O)C(C)(C)C)cc1NC(=O)C1CCNCC1. The molecule has 0 aliphatic carbocycles. The van der Waals surface area contributed by atoms with Gasteiger partial charge in [0.1, 0.15) is 0 Å². The van der Waals surface area contributed by atoms with Crippen LogP contribution in [0, 0.1) is 18.3 Å². The van der Waals surface area contributed by atoms with Crippen molar-refractivity contribution in [2.45, 2.75) is 40.5 Å². The lowest BCUT2D eigenvalue weighted by Crippen LogP contribution is -2.34.